The average Bonchev–Trinajstić information content (AvgIpc) is 2.52. The standard InChI is InChI=1S/C13H21N5O3/c1-2-3-4-6-11(9-18(21)10-19)12(20)16-17-13-14-7-5-8-15-13/h5,7-8,10-11,21H,2-4,6,9H2,1H3,(H,16,20)(H,14,15,17)/t11-/m0/s1. The average molecular weight is 295 g/mol. The molecule has 1 atom stereocenters. The Hall–Kier alpha value is -2.22. The Labute approximate surface area is 123 Å². The molecular weight excluding hydrogens is 274 g/mol. The Bertz CT molecular complexity index is 429. The highest BCUT2D eigenvalue weighted by Crippen LogP contribution is 2.11. The number of hydroxylamine groups is 2. The number of hydrazine groups is 1. The Morgan fingerprint density at radius 3 is 2.76 bits per heavy atom. The van der Waals surface area contributed by atoms with Gasteiger partial charge in [0, 0.05) is 12.4 Å². The van der Waals surface area contributed by atoms with Gasteiger partial charge in [0.25, 0.3) is 0 Å². The summed E-state index contributed by atoms with van der Waals surface area (Å²) in [4.78, 5) is 30.4. The highest BCUT2D eigenvalue weighted by atomic mass is 16.5. The lowest BCUT2D eigenvalue weighted by atomic mass is 10.0. The fraction of sp³-hybridized carbons (Fsp3) is 0.538. The van der Waals surface area contributed by atoms with Crippen LogP contribution >= 0.6 is 0 Å². The molecule has 0 saturated heterocycles. The Morgan fingerprint density at radius 2 is 2.14 bits per heavy atom. The van der Waals surface area contributed by atoms with Crippen molar-refractivity contribution in [3.63, 3.8) is 0 Å². The zero-order valence-corrected chi connectivity index (χ0v) is 12.0. The van der Waals surface area contributed by atoms with Gasteiger partial charge in [-0.25, -0.2) is 15.0 Å². The highest BCUT2D eigenvalue weighted by molar-refractivity contribution is 5.80. The largest absolute Gasteiger partial charge is 0.286 e. The van der Waals surface area contributed by atoms with E-state index in [0.29, 0.717) is 11.5 Å². The lowest BCUT2D eigenvalue weighted by molar-refractivity contribution is -0.154. The second-order valence-electron chi connectivity index (χ2n) is 4.61. The molecule has 0 spiro atoms. The molecule has 2 amide bonds. The smallest absolute Gasteiger partial charge is 0.243 e. The number of nitrogens with zero attached hydrogens (tertiary/aromatic N) is 3. The number of aromatic nitrogens is 2. The number of amides is 2. The van der Waals surface area contributed by atoms with Crippen LogP contribution in [0.1, 0.15) is 32.6 Å². The number of anilines is 1. The van der Waals surface area contributed by atoms with Gasteiger partial charge in [-0.3, -0.25) is 25.6 Å². The summed E-state index contributed by atoms with van der Waals surface area (Å²) in [5.74, 6) is -0.545. The van der Waals surface area contributed by atoms with Gasteiger partial charge < -0.3 is 0 Å². The third-order valence-corrected chi connectivity index (χ3v) is 2.92. The van der Waals surface area contributed by atoms with Gasteiger partial charge in [-0.15, -0.1) is 0 Å². The summed E-state index contributed by atoms with van der Waals surface area (Å²) in [5, 5.41) is 9.74. The molecule has 1 rings (SSSR count). The second-order valence-corrected chi connectivity index (χ2v) is 4.61. The molecule has 0 radical (unpaired) electrons. The van der Waals surface area contributed by atoms with Crippen LogP contribution in [0.5, 0.6) is 0 Å². The first-order valence-electron chi connectivity index (χ1n) is 6.91. The second kappa shape index (κ2) is 9.65. The Balaban J connectivity index is 2.50. The maximum atomic E-state index is 12.1. The third-order valence-electron chi connectivity index (χ3n) is 2.92. The monoisotopic (exact) mass is 295 g/mol. The van der Waals surface area contributed by atoms with Gasteiger partial charge in [0.05, 0.1) is 12.5 Å². The molecule has 0 aliphatic rings. The maximum Gasteiger partial charge on any atom is 0.243 e. The van der Waals surface area contributed by atoms with E-state index >= 15 is 0 Å². The number of carbonyl (C=O) groups excluding carboxylic acids is 2. The number of nitrogens with one attached hydrogen (secondary N) is 2. The van der Waals surface area contributed by atoms with Gasteiger partial charge in [-0.1, -0.05) is 26.2 Å². The summed E-state index contributed by atoms with van der Waals surface area (Å²) in [6, 6.07) is 1.66. The predicted molar refractivity (Wildman–Crippen MR) is 76.0 cm³/mol. The van der Waals surface area contributed by atoms with Crippen LogP contribution < -0.4 is 10.9 Å². The molecule has 1 aromatic rings. The van der Waals surface area contributed by atoms with Crippen molar-refractivity contribution in [3.8, 4) is 0 Å². The van der Waals surface area contributed by atoms with Crippen molar-refractivity contribution in [2.24, 2.45) is 5.92 Å². The summed E-state index contributed by atoms with van der Waals surface area (Å²) in [6.45, 7) is 2.02. The maximum absolute atomic E-state index is 12.1. The molecule has 0 aromatic carbocycles. The van der Waals surface area contributed by atoms with Gasteiger partial charge in [0.15, 0.2) is 0 Å². The first-order valence-corrected chi connectivity index (χ1v) is 6.91. The van der Waals surface area contributed by atoms with E-state index in [0.717, 1.165) is 19.3 Å². The number of unbranched alkanes of at least 4 members (excludes halogenated alkanes) is 2. The lowest BCUT2D eigenvalue weighted by Crippen LogP contribution is -2.40. The fourth-order valence-electron chi connectivity index (χ4n) is 1.80. The van der Waals surface area contributed by atoms with E-state index in [1.54, 1.807) is 18.5 Å². The summed E-state index contributed by atoms with van der Waals surface area (Å²) in [6.07, 6.45) is 6.83. The molecule has 0 aliphatic heterocycles. The molecule has 0 aliphatic carbocycles. The van der Waals surface area contributed by atoms with E-state index in [9.17, 15) is 14.8 Å². The molecule has 8 nitrogen and oxygen atoms in total. The first-order chi connectivity index (χ1) is 10.2. The number of carbonyl (C=O) groups is 2. The Kier molecular flexibility index (Phi) is 7.73. The molecule has 1 aromatic heterocycles. The SMILES string of the molecule is CCCCC[C@@H](CN(O)C=O)C(=O)NNc1ncccn1. The van der Waals surface area contributed by atoms with Crippen LogP contribution in [0.3, 0.4) is 0 Å². The van der Waals surface area contributed by atoms with Crippen molar-refractivity contribution in [1.82, 2.24) is 20.5 Å². The number of rotatable bonds is 10. The van der Waals surface area contributed by atoms with E-state index in [1.165, 1.54) is 0 Å². The summed E-state index contributed by atoms with van der Waals surface area (Å²) in [5.41, 5.74) is 5.08. The molecule has 0 unspecified atom stereocenters. The molecule has 0 bridgehead atoms. The molecule has 21 heavy (non-hydrogen) atoms. The van der Waals surface area contributed by atoms with E-state index in [2.05, 4.69) is 27.7 Å². The van der Waals surface area contributed by atoms with Crippen LogP contribution in [0.25, 0.3) is 0 Å². The van der Waals surface area contributed by atoms with Crippen molar-refractivity contribution in [2.45, 2.75) is 32.6 Å². The van der Waals surface area contributed by atoms with Gasteiger partial charge in [0.2, 0.25) is 18.3 Å². The van der Waals surface area contributed by atoms with Crippen molar-refractivity contribution in [2.75, 3.05) is 12.0 Å². The predicted octanol–water partition coefficient (Wildman–Crippen LogP) is 0.964. The number of hydrogen-bond donors (Lipinski definition) is 3. The van der Waals surface area contributed by atoms with Crippen LogP contribution in [-0.2, 0) is 9.59 Å². The van der Waals surface area contributed by atoms with Crippen LogP contribution in [-0.4, -0.2) is 39.1 Å². The van der Waals surface area contributed by atoms with Gasteiger partial charge in [-0.2, -0.15) is 0 Å². The molecule has 0 fully saturated rings. The normalized spacial score (nSPS) is 11.5. The van der Waals surface area contributed by atoms with Crippen molar-refractivity contribution in [1.29, 1.82) is 0 Å². The van der Waals surface area contributed by atoms with Gasteiger partial charge in [-0.05, 0) is 12.5 Å². The molecule has 0 saturated carbocycles. The fourth-order valence-corrected chi connectivity index (χ4v) is 1.80. The van der Waals surface area contributed by atoms with E-state index in [1.807, 2.05) is 0 Å². The minimum absolute atomic E-state index is 0.0453. The zero-order valence-electron chi connectivity index (χ0n) is 12.0. The minimum atomic E-state index is -0.497. The topological polar surface area (TPSA) is 107 Å². The van der Waals surface area contributed by atoms with Crippen LogP contribution in [0, 0.1) is 5.92 Å². The highest BCUT2D eigenvalue weighted by Gasteiger charge is 2.20. The Morgan fingerprint density at radius 1 is 1.43 bits per heavy atom. The summed E-state index contributed by atoms with van der Waals surface area (Å²) >= 11 is 0. The quantitative estimate of drug-likeness (QED) is 0.257. The van der Waals surface area contributed by atoms with E-state index in [4.69, 9.17) is 0 Å². The molecule has 116 valence electrons. The van der Waals surface area contributed by atoms with E-state index in [-0.39, 0.29) is 24.8 Å². The van der Waals surface area contributed by atoms with Gasteiger partial charge in [0.1, 0.15) is 0 Å². The van der Waals surface area contributed by atoms with Crippen molar-refractivity contribution >= 4 is 18.3 Å². The lowest BCUT2D eigenvalue weighted by Gasteiger charge is -2.19. The molecule has 3 N–H and O–H groups in total. The first kappa shape index (κ1) is 16.8. The van der Waals surface area contributed by atoms with Crippen LogP contribution in [0.4, 0.5) is 5.95 Å². The zero-order chi connectivity index (χ0) is 15.5. The summed E-state index contributed by atoms with van der Waals surface area (Å²) < 4.78 is 0. The molecular formula is C13H21N5O3. The van der Waals surface area contributed by atoms with E-state index < -0.39 is 5.92 Å². The minimum Gasteiger partial charge on any atom is -0.286 e. The third kappa shape index (κ3) is 6.66. The summed E-state index contributed by atoms with van der Waals surface area (Å²) in [7, 11) is 0. The van der Waals surface area contributed by atoms with Crippen molar-refractivity contribution < 1.29 is 14.8 Å². The van der Waals surface area contributed by atoms with Crippen LogP contribution in [0.15, 0.2) is 18.5 Å². The van der Waals surface area contributed by atoms with Gasteiger partial charge >= 0.3 is 0 Å². The molecule has 8 heteroatoms. The number of hydrogen-bond acceptors (Lipinski definition) is 6. The van der Waals surface area contributed by atoms with Crippen LogP contribution in [0.2, 0.25) is 0 Å². The molecule has 1 heterocycles. The van der Waals surface area contributed by atoms with Crippen molar-refractivity contribution in [3.05, 3.63) is 18.5 Å².